The Labute approximate surface area is 123 Å². The second kappa shape index (κ2) is 5.75. The van der Waals surface area contributed by atoms with Crippen LogP contribution in [-0.4, -0.2) is 19.5 Å². The summed E-state index contributed by atoms with van der Waals surface area (Å²) in [4.78, 5) is 13.2. The molecule has 0 atom stereocenters. The summed E-state index contributed by atoms with van der Waals surface area (Å²) in [7, 11) is 0. The molecule has 106 valence electrons. The molecule has 5 nitrogen and oxygen atoms in total. The van der Waals surface area contributed by atoms with Gasteiger partial charge in [0.1, 0.15) is 5.82 Å². The van der Waals surface area contributed by atoms with Gasteiger partial charge in [-0.3, -0.25) is 0 Å². The molecule has 0 spiro atoms. The van der Waals surface area contributed by atoms with E-state index in [0.29, 0.717) is 5.95 Å². The molecule has 0 radical (unpaired) electrons. The molecule has 0 unspecified atom stereocenters. The maximum Gasteiger partial charge on any atom is 0.227 e. The quantitative estimate of drug-likeness (QED) is 0.795. The lowest BCUT2D eigenvalue weighted by molar-refractivity contribution is 0.735. The largest absolute Gasteiger partial charge is 0.327 e. The van der Waals surface area contributed by atoms with Crippen molar-refractivity contribution in [1.82, 2.24) is 19.5 Å². The predicted molar refractivity (Wildman–Crippen MR) is 83.4 cm³/mol. The van der Waals surface area contributed by atoms with Gasteiger partial charge in [-0.15, -0.1) is 0 Å². The molecule has 2 heterocycles. The second-order valence-electron chi connectivity index (χ2n) is 4.69. The zero-order chi connectivity index (χ0) is 14.7. The van der Waals surface area contributed by atoms with Crippen molar-refractivity contribution in [3.05, 3.63) is 54.6 Å². The van der Waals surface area contributed by atoms with E-state index in [4.69, 9.17) is 0 Å². The average molecular weight is 279 g/mol. The van der Waals surface area contributed by atoms with Crippen LogP contribution in [0.5, 0.6) is 0 Å². The molecule has 3 aromatic rings. The molecule has 0 aliphatic rings. The van der Waals surface area contributed by atoms with E-state index in [9.17, 15) is 0 Å². The SMILES string of the molecule is CCn1c(-c2ccnc(Nc3ccccc3)n2)cnc1C. The normalized spacial score (nSPS) is 10.6. The minimum absolute atomic E-state index is 0.584. The van der Waals surface area contributed by atoms with E-state index in [1.165, 1.54) is 0 Å². The molecule has 0 aliphatic heterocycles. The first-order valence-electron chi connectivity index (χ1n) is 6.95. The molecule has 0 amide bonds. The van der Waals surface area contributed by atoms with Crippen molar-refractivity contribution in [2.75, 3.05) is 5.32 Å². The molecule has 5 heteroatoms. The number of aromatic nitrogens is 4. The summed E-state index contributed by atoms with van der Waals surface area (Å²) < 4.78 is 2.13. The van der Waals surface area contributed by atoms with Gasteiger partial charge in [-0.25, -0.2) is 15.0 Å². The number of para-hydroxylation sites is 1. The van der Waals surface area contributed by atoms with Crippen LogP contribution in [0.4, 0.5) is 11.6 Å². The molecule has 0 aliphatic carbocycles. The lowest BCUT2D eigenvalue weighted by Gasteiger charge is -2.08. The third-order valence-electron chi connectivity index (χ3n) is 3.32. The van der Waals surface area contributed by atoms with Crippen molar-refractivity contribution < 1.29 is 0 Å². The van der Waals surface area contributed by atoms with Gasteiger partial charge in [0.05, 0.1) is 17.6 Å². The number of aryl methyl sites for hydroxylation is 1. The van der Waals surface area contributed by atoms with Crippen LogP contribution in [0.1, 0.15) is 12.7 Å². The van der Waals surface area contributed by atoms with Crippen LogP contribution >= 0.6 is 0 Å². The highest BCUT2D eigenvalue weighted by Crippen LogP contribution is 2.20. The molecule has 0 bridgehead atoms. The zero-order valence-corrected chi connectivity index (χ0v) is 12.1. The fourth-order valence-corrected chi connectivity index (χ4v) is 2.28. The molecule has 0 saturated carbocycles. The van der Waals surface area contributed by atoms with Gasteiger partial charge in [-0.05, 0) is 32.0 Å². The van der Waals surface area contributed by atoms with Crippen LogP contribution in [-0.2, 0) is 6.54 Å². The van der Waals surface area contributed by atoms with E-state index >= 15 is 0 Å². The highest BCUT2D eigenvalue weighted by Gasteiger charge is 2.09. The summed E-state index contributed by atoms with van der Waals surface area (Å²) in [5, 5.41) is 3.21. The maximum absolute atomic E-state index is 4.58. The van der Waals surface area contributed by atoms with E-state index < -0.39 is 0 Å². The summed E-state index contributed by atoms with van der Waals surface area (Å²) in [5.41, 5.74) is 2.84. The molecule has 1 N–H and O–H groups in total. The molecule has 2 aromatic heterocycles. The first-order valence-corrected chi connectivity index (χ1v) is 6.95. The number of hydrogen-bond donors (Lipinski definition) is 1. The number of nitrogens with one attached hydrogen (secondary N) is 1. The van der Waals surface area contributed by atoms with Crippen LogP contribution < -0.4 is 5.32 Å². The van der Waals surface area contributed by atoms with Gasteiger partial charge in [-0.2, -0.15) is 0 Å². The summed E-state index contributed by atoms with van der Waals surface area (Å²) in [5.74, 6) is 1.57. The van der Waals surface area contributed by atoms with E-state index in [-0.39, 0.29) is 0 Å². The van der Waals surface area contributed by atoms with E-state index in [2.05, 4.69) is 31.8 Å². The average Bonchev–Trinajstić information content (AvgIpc) is 2.89. The van der Waals surface area contributed by atoms with E-state index in [1.54, 1.807) is 6.20 Å². The van der Waals surface area contributed by atoms with E-state index in [0.717, 1.165) is 29.4 Å². The number of imidazole rings is 1. The lowest BCUT2D eigenvalue weighted by atomic mass is 10.3. The van der Waals surface area contributed by atoms with Crippen molar-refractivity contribution in [2.45, 2.75) is 20.4 Å². The van der Waals surface area contributed by atoms with Gasteiger partial charge in [0.2, 0.25) is 5.95 Å². The Balaban J connectivity index is 1.93. The first kappa shape index (κ1) is 13.3. The minimum Gasteiger partial charge on any atom is -0.327 e. The molecule has 1 aromatic carbocycles. The monoisotopic (exact) mass is 279 g/mol. The summed E-state index contributed by atoms with van der Waals surface area (Å²) in [6, 6.07) is 11.8. The van der Waals surface area contributed by atoms with Crippen molar-refractivity contribution in [2.24, 2.45) is 0 Å². The third-order valence-corrected chi connectivity index (χ3v) is 3.32. The van der Waals surface area contributed by atoms with Gasteiger partial charge >= 0.3 is 0 Å². The van der Waals surface area contributed by atoms with Crippen molar-refractivity contribution in [3.8, 4) is 11.4 Å². The van der Waals surface area contributed by atoms with Crippen LogP contribution in [0.15, 0.2) is 48.8 Å². The van der Waals surface area contributed by atoms with Crippen LogP contribution in [0.2, 0.25) is 0 Å². The molecular formula is C16H17N5. The van der Waals surface area contributed by atoms with Crippen molar-refractivity contribution in [1.29, 1.82) is 0 Å². The number of anilines is 2. The Kier molecular flexibility index (Phi) is 3.64. The Bertz CT molecular complexity index is 733. The summed E-state index contributed by atoms with van der Waals surface area (Å²) in [6.45, 7) is 4.96. The first-order chi connectivity index (χ1) is 10.3. The smallest absolute Gasteiger partial charge is 0.227 e. The third kappa shape index (κ3) is 2.76. The van der Waals surface area contributed by atoms with Gasteiger partial charge in [0.15, 0.2) is 0 Å². The zero-order valence-electron chi connectivity index (χ0n) is 12.1. The van der Waals surface area contributed by atoms with E-state index in [1.807, 2.05) is 49.5 Å². The van der Waals surface area contributed by atoms with Crippen LogP contribution in [0, 0.1) is 6.92 Å². The molecular weight excluding hydrogens is 262 g/mol. The molecule has 0 saturated heterocycles. The molecule has 3 rings (SSSR count). The predicted octanol–water partition coefficient (Wildman–Crippen LogP) is 3.41. The number of nitrogens with zero attached hydrogens (tertiary/aromatic N) is 4. The van der Waals surface area contributed by atoms with Crippen molar-refractivity contribution in [3.63, 3.8) is 0 Å². The minimum atomic E-state index is 0.584. The molecule has 0 fully saturated rings. The Morgan fingerprint density at radius 3 is 2.67 bits per heavy atom. The van der Waals surface area contributed by atoms with Gasteiger partial charge < -0.3 is 9.88 Å². The van der Waals surface area contributed by atoms with Crippen LogP contribution in [0.3, 0.4) is 0 Å². The Morgan fingerprint density at radius 1 is 1.10 bits per heavy atom. The van der Waals surface area contributed by atoms with Gasteiger partial charge in [0.25, 0.3) is 0 Å². The fraction of sp³-hybridized carbons (Fsp3) is 0.188. The summed E-state index contributed by atoms with van der Waals surface area (Å²) in [6.07, 6.45) is 3.61. The number of benzene rings is 1. The highest BCUT2D eigenvalue weighted by atomic mass is 15.1. The van der Waals surface area contributed by atoms with Crippen molar-refractivity contribution >= 4 is 11.6 Å². The Hall–Kier alpha value is -2.69. The second-order valence-corrected chi connectivity index (χ2v) is 4.69. The lowest BCUT2D eigenvalue weighted by Crippen LogP contribution is -2.02. The highest BCUT2D eigenvalue weighted by molar-refractivity contribution is 5.59. The Morgan fingerprint density at radius 2 is 1.90 bits per heavy atom. The number of hydrogen-bond acceptors (Lipinski definition) is 4. The van der Waals surface area contributed by atoms with Gasteiger partial charge in [0, 0.05) is 18.4 Å². The van der Waals surface area contributed by atoms with Gasteiger partial charge in [-0.1, -0.05) is 18.2 Å². The maximum atomic E-state index is 4.58. The number of rotatable bonds is 4. The summed E-state index contributed by atoms with van der Waals surface area (Å²) >= 11 is 0. The molecule has 21 heavy (non-hydrogen) atoms. The fourth-order valence-electron chi connectivity index (χ4n) is 2.28. The topological polar surface area (TPSA) is 55.6 Å². The van der Waals surface area contributed by atoms with Crippen LogP contribution in [0.25, 0.3) is 11.4 Å². The standard InChI is InChI=1S/C16H17N5/c1-3-21-12(2)18-11-15(21)14-9-10-17-16(20-14)19-13-7-5-4-6-8-13/h4-11H,3H2,1-2H3,(H,17,19,20).